The Kier molecular flexibility index (Phi) is 7.08. The summed E-state index contributed by atoms with van der Waals surface area (Å²) < 4.78 is 0. The van der Waals surface area contributed by atoms with Gasteiger partial charge in [-0.3, -0.25) is 9.69 Å². The van der Waals surface area contributed by atoms with Gasteiger partial charge in [0.15, 0.2) is 0 Å². The number of aliphatic hydroxyl groups excluding tert-OH is 1. The molecule has 2 fully saturated rings. The minimum atomic E-state index is 0.239. The number of aryl methyl sites for hydroxylation is 2. The van der Waals surface area contributed by atoms with Gasteiger partial charge in [0, 0.05) is 26.2 Å². The van der Waals surface area contributed by atoms with Gasteiger partial charge in [-0.05, 0) is 74.6 Å². The Labute approximate surface area is 163 Å². The first-order chi connectivity index (χ1) is 13.1. The number of rotatable bonds is 5. The fourth-order valence-corrected chi connectivity index (χ4v) is 4.40. The first-order valence-corrected chi connectivity index (χ1v) is 10.4. The molecular weight excluding hydrogens is 336 g/mol. The Hall–Kier alpha value is -1.65. The Morgan fingerprint density at radius 3 is 2.52 bits per heavy atom. The van der Waals surface area contributed by atoms with Crippen molar-refractivity contribution in [3.63, 3.8) is 0 Å². The van der Waals surface area contributed by atoms with Crippen molar-refractivity contribution in [1.29, 1.82) is 0 Å². The van der Waals surface area contributed by atoms with E-state index < -0.39 is 0 Å². The number of benzene rings is 1. The van der Waals surface area contributed by atoms with Crippen LogP contribution in [0.4, 0.5) is 0 Å². The maximum atomic E-state index is 12.6. The summed E-state index contributed by atoms with van der Waals surface area (Å²) in [5.74, 6) is 1.15. The number of hydrogen-bond donors (Lipinski definition) is 1. The number of likely N-dealkylation sites (tertiary alicyclic amines) is 2. The second kappa shape index (κ2) is 9.52. The molecule has 2 saturated heterocycles. The van der Waals surface area contributed by atoms with Crippen molar-refractivity contribution < 1.29 is 9.90 Å². The number of aliphatic hydroxyl groups is 1. The highest BCUT2D eigenvalue weighted by molar-refractivity contribution is 5.78. The topological polar surface area (TPSA) is 43.8 Å². The molecular formula is C23H34N2O2. The zero-order valence-corrected chi connectivity index (χ0v) is 16.9. The fraction of sp³-hybridized carbons (Fsp3) is 0.609. The van der Waals surface area contributed by atoms with Crippen LogP contribution in [0.1, 0.15) is 42.4 Å². The van der Waals surface area contributed by atoms with Gasteiger partial charge in [0.25, 0.3) is 0 Å². The van der Waals surface area contributed by atoms with E-state index in [2.05, 4.69) is 49.1 Å². The maximum absolute atomic E-state index is 12.6. The molecule has 1 aromatic rings. The van der Waals surface area contributed by atoms with E-state index in [9.17, 15) is 9.90 Å². The molecule has 2 aliphatic heterocycles. The zero-order chi connectivity index (χ0) is 19.2. The van der Waals surface area contributed by atoms with Crippen molar-refractivity contribution >= 4 is 12.0 Å². The molecule has 0 saturated carbocycles. The van der Waals surface area contributed by atoms with Crippen molar-refractivity contribution in [3.05, 3.63) is 41.0 Å². The number of amides is 1. The predicted octanol–water partition coefficient (Wildman–Crippen LogP) is 3.26. The lowest BCUT2D eigenvalue weighted by Gasteiger charge is -2.35. The minimum Gasteiger partial charge on any atom is -0.396 e. The van der Waals surface area contributed by atoms with Crippen LogP contribution in [0.25, 0.3) is 6.08 Å². The van der Waals surface area contributed by atoms with Crippen molar-refractivity contribution in [2.45, 2.75) is 39.5 Å². The molecule has 1 N–H and O–H groups in total. The summed E-state index contributed by atoms with van der Waals surface area (Å²) in [6.45, 7) is 8.64. The van der Waals surface area contributed by atoms with Gasteiger partial charge < -0.3 is 10.0 Å². The standard InChI is InChI=1S/C23H34N2O2/c1-18-5-3-6-19(2)22(18)9-8-20-10-13-25(14-11-20)23(27)16-24-12-4-7-21(15-24)17-26/h3,5-6,8-9,20-21,26H,4,7,10-17H2,1-2H3/b9-8+/t21-/m1/s1. The van der Waals surface area contributed by atoms with E-state index in [1.807, 2.05) is 4.90 Å². The van der Waals surface area contributed by atoms with E-state index in [1.54, 1.807) is 0 Å². The molecule has 2 aliphatic rings. The monoisotopic (exact) mass is 370 g/mol. The second-order valence-electron chi connectivity index (χ2n) is 8.31. The molecule has 0 aliphatic carbocycles. The molecule has 3 rings (SSSR count). The fourth-order valence-electron chi connectivity index (χ4n) is 4.40. The number of hydrogen-bond acceptors (Lipinski definition) is 3. The van der Waals surface area contributed by atoms with Crippen LogP contribution in [0.3, 0.4) is 0 Å². The third kappa shape index (κ3) is 5.43. The molecule has 0 spiro atoms. The SMILES string of the molecule is Cc1cccc(C)c1/C=C/C1CCN(C(=O)CN2CCC[C@@H](CO)C2)CC1. The summed E-state index contributed by atoms with van der Waals surface area (Å²) in [4.78, 5) is 16.9. The van der Waals surface area contributed by atoms with Crippen LogP contribution in [0.5, 0.6) is 0 Å². The highest BCUT2D eigenvalue weighted by Gasteiger charge is 2.25. The minimum absolute atomic E-state index is 0.239. The van der Waals surface area contributed by atoms with Gasteiger partial charge in [-0.25, -0.2) is 0 Å². The lowest BCUT2D eigenvalue weighted by Crippen LogP contribution is -2.46. The van der Waals surface area contributed by atoms with Gasteiger partial charge in [0.1, 0.15) is 0 Å². The van der Waals surface area contributed by atoms with Gasteiger partial charge in [-0.15, -0.1) is 0 Å². The first-order valence-electron chi connectivity index (χ1n) is 10.4. The molecule has 1 aromatic carbocycles. The summed E-state index contributed by atoms with van der Waals surface area (Å²) in [5, 5.41) is 9.36. The lowest BCUT2D eigenvalue weighted by molar-refractivity contribution is -0.134. The lowest BCUT2D eigenvalue weighted by atomic mass is 9.94. The maximum Gasteiger partial charge on any atom is 0.236 e. The number of carbonyl (C=O) groups is 1. The molecule has 4 nitrogen and oxygen atoms in total. The van der Waals surface area contributed by atoms with Crippen molar-refractivity contribution in [3.8, 4) is 0 Å². The van der Waals surface area contributed by atoms with E-state index in [4.69, 9.17) is 0 Å². The summed E-state index contributed by atoms with van der Waals surface area (Å²) in [7, 11) is 0. The molecule has 148 valence electrons. The first kappa shape index (κ1) is 20.1. The number of nitrogens with zero attached hydrogens (tertiary/aromatic N) is 2. The molecule has 0 aromatic heterocycles. The number of piperidine rings is 2. The van der Waals surface area contributed by atoms with Crippen LogP contribution in [0.2, 0.25) is 0 Å². The highest BCUT2D eigenvalue weighted by Crippen LogP contribution is 2.23. The van der Waals surface area contributed by atoms with Crippen LogP contribution in [-0.4, -0.2) is 60.1 Å². The third-order valence-corrected chi connectivity index (χ3v) is 6.19. The second-order valence-corrected chi connectivity index (χ2v) is 8.31. The Morgan fingerprint density at radius 1 is 1.15 bits per heavy atom. The smallest absolute Gasteiger partial charge is 0.236 e. The summed E-state index contributed by atoms with van der Waals surface area (Å²) >= 11 is 0. The number of carbonyl (C=O) groups excluding carboxylic acids is 1. The van der Waals surface area contributed by atoms with Crippen molar-refractivity contribution in [2.75, 3.05) is 39.3 Å². The average Bonchev–Trinajstić information content (AvgIpc) is 2.68. The van der Waals surface area contributed by atoms with Gasteiger partial charge in [0.05, 0.1) is 6.54 Å². The van der Waals surface area contributed by atoms with E-state index in [1.165, 1.54) is 16.7 Å². The highest BCUT2D eigenvalue weighted by atomic mass is 16.3. The van der Waals surface area contributed by atoms with Gasteiger partial charge in [0.2, 0.25) is 5.91 Å². The van der Waals surface area contributed by atoms with Gasteiger partial charge in [-0.2, -0.15) is 0 Å². The number of allylic oxidation sites excluding steroid dienone is 1. The molecule has 27 heavy (non-hydrogen) atoms. The normalized spacial score (nSPS) is 22.5. The zero-order valence-electron chi connectivity index (χ0n) is 16.9. The van der Waals surface area contributed by atoms with Crippen LogP contribution in [0, 0.1) is 25.7 Å². The summed E-state index contributed by atoms with van der Waals surface area (Å²) in [6, 6.07) is 6.43. The van der Waals surface area contributed by atoms with Crippen LogP contribution in [-0.2, 0) is 4.79 Å². The van der Waals surface area contributed by atoms with E-state index >= 15 is 0 Å². The molecule has 0 bridgehead atoms. The summed E-state index contributed by atoms with van der Waals surface area (Å²) in [6.07, 6.45) is 8.88. The Bertz CT molecular complexity index is 642. The molecule has 1 atom stereocenters. The molecule has 2 heterocycles. The summed E-state index contributed by atoms with van der Waals surface area (Å²) in [5.41, 5.74) is 3.97. The quantitative estimate of drug-likeness (QED) is 0.865. The van der Waals surface area contributed by atoms with Crippen LogP contribution < -0.4 is 0 Å². The molecule has 0 radical (unpaired) electrons. The van der Waals surface area contributed by atoms with Crippen LogP contribution >= 0.6 is 0 Å². The molecule has 4 heteroatoms. The van der Waals surface area contributed by atoms with E-state index in [-0.39, 0.29) is 12.5 Å². The van der Waals surface area contributed by atoms with Crippen molar-refractivity contribution in [2.24, 2.45) is 11.8 Å². The Morgan fingerprint density at radius 2 is 1.85 bits per heavy atom. The van der Waals surface area contributed by atoms with E-state index in [0.29, 0.717) is 18.4 Å². The largest absolute Gasteiger partial charge is 0.396 e. The molecule has 1 amide bonds. The van der Waals surface area contributed by atoms with Gasteiger partial charge >= 0.3 is 0 Å². The average molecular weight is 371 g/mol. The van der Waals surface area contributed by atoms with Crippen molar-refractivity contribution in [1.82, 2.24) is 9.80 Å². The van der Waals surface area contributed by atoms with Gasteiger partial charge in [-0.1, -0.05) is 30.4 Å². The third-order valence-electron chi connectivity index (χ3n) is 6.19. The molecule has 0 unspecified atom stereocenters. The predicted molar refractivity (Wildman–Crippen MR) is 111 cm³/mol. The van der Waals surface area contributed by atoms with E-state index in [0.717, 1.165) is 51.9 Å². The Balaban J connectivity index is 1.47. The van der Waals surface area contributed by atoms with Crippen LogP contribution in [0.15, 0.2) is 24.3 Å².